The maximum atomic E-state index is 12.9. The molecule has 0 aromatic heterocycles. The smallest absolute Gasteiger partial charge is 0.407 e. The quantitative estimate of drug-likeness (QED) is 0.192. The van der Waals surface area contributed by atoms with Gasteiger partial charge in [0.25, 0.3) is 0 Å². The Kier molecular flexibility index (Phi) is 6.45. The third-order valence-corrected chi connectivity index (χ3v) is 14.6. The first-order chi connectivity index (χ1) is 18.7. The maximum Gasteiger partial charge on any atom is 0.407 e. The van der Waals surface area contributed by atoms with Gasteiger partial charge in [-0.2, -0.15) is 0 Å². The van der Waals surface area contributed by atoms with E-state index in [1.54, 1.807) is 0 Å². The van der Waals surface area contributed by atoms with Crippen LogP contribution in [0, 0.1) is 56.7 Å². The Balaban J connectivity index is 1.30. The van der Waals surface area contributed by atoms with Crippen molar-refractivity contribution in [2.24, 2.45) is 61.8 Å². The fourth-order valence-electron chi connectivity index (χ4n) is 12.2. The van der Waals surface area contributed by atoms with Gasteiger partial charge in [0.1, 0.15) is 6.10 Å². The number of amides is 1. The van der Waals surface area contributed by atoms with Crippen LogP contribution in [0.25, 0.3) is 0 Å². The minimum atomic E-state index is -0.691. The van der Waals surface area contributed by atoms with Crippen LogP contribution < -0.4 is 5.32 Å². The first kappa shape index (κ1) is 28.3. The van der Waals surface area contributed by atoms with Crippen molar-refractivity contribution in [2.45, 2.75) is 131 Å². The van der Waals surface area contributed by atoms with Crippen molar-refractivity contribution in [3.63, 3.8) is 0 Å². The van der Waals surface area contributed by atoms with E-state index in [1.165, 1.54) is 0 Å². The highest BCUT2D eigenvalue weighted by Crippen LogP contribution is 2.77. The van der Waals surface area contributed by atoms with Gasteiger partial charge in [-0.1, -0.05) is 39.8 Å². The van der Waals surface area contributed by atoms with Gasteiger partial charge < -0.3 is 20.4 Å². The fourth-order valence-corrected chi connectivity index (χ4v) is 12.2. The number of alkyl carbamates (subject to hydrolysis) is 1. The van der Waals surface area contributed by atoms with E-state index < -0.39 is 11.4 Å². The summed E-state index contributed by atoms with van der Waals surface area (Å²) in [5, 5.41) is 27.0. The van der Waals surface area contributed by atoms with Crippen LogP contribution >= 0.6 is 0 Å². The highest BCUT2D eigenvalue weighted by Gasteiger charge is 2.72. The molecule has 7 heteroatoms. The molecule has 0 aromatic carbocycles. The van der Waals surface area contributed by atoms with E-state index in [2.05, 4.69) is 45.1 Å². The number of nitrogens with one attached hydrogen (secondary N) is 1. The van der Waals surface area contributed by atoms with Crippen molar-refractivity contribution in [1.29, 1.82) is 0 Å². The zero-order valence-electron chi connectivity index (χ0n) is 25.6. The Bertz CT molecular complexity index is 1100. The normalized spacial score (nSPS) is 49.6. The Morgan fingerprint density at radius 1 is 0.825 bits per heavy atom. The first-order valence-electron chi connectivity index (χ1n) is 16.1. The van der Waals surface area contributed by atoms with E-state index in [9.17, 15) is 19.9 Å². The third-order valence-electron chi connectivity index (χ3n) is 14.6. The van der Waals surface area contributed by atoms with Crippen LogP contribution in [-0.4, -0.2) is 40.2 Å². The molecular weight excluding hydrogens is 504 g/mol. The van der Waals surface area contributed by atoms with Crippen LogP contribution in [0.15, 0.2) is 5.16 Å². The summed E-state index contributed by atoms with van der Waals surface area (Å²) in [6.07, 6.45) is 11.4. The molecule has 6 aliphatic rings. The molecule has 0 spiro atoms. The first-order valence-corrected chi connectivity index (χ1v) is 16.1. The summed E-state index contributed by atoms with van der Waals surface area (Å²) < 4.78 is 6.11. The van der Waals surface area contributed by atoms with Gasteiger partial charge in [-0.15, -0.1) is 0 Å². The van der Waals surface area contributed by atoms with Gasteiger partial charge in [0.15, 0.2) is 0 Å². The van der Waals surface area contributed by atoms with Gasteiger partial charge in [-0.25, -0.2) is 4.79 Å². The number of rotatable bonds is 4. The molecule has 6 rings (SSSR count). The van der Waals surface area contributed by atoms with Gasteiger partial charge in [0.05, 0.1) is 11.1 Å². The molecule has 0 bridgehead atoms. The molecule has 224 valence electrons. The zero-order chi connectivity index (χ0) is 28.9. The molecule has 0 aliphatic heterocycles. The molecule has 0 aromatic rings. The predicted octanol–water partition coefficient (Wildman–Crippen LogP) is 7.26. The average Bonchev–Trinajstić information content (AvgIpc) is 3.61. The van der Waals surface area contributed by atoms with Gasteiger partial charge in [-0.05, 0) is 124 Å². The summed E-state index contributed by atoms with van der Waals surface area (Å²) in [6, 6.07) is 0.304. The molecule has 1 amide bonds. The van der Waals surface area contributed by atoms with E-state index in [-0.39, 0.29) is 45.7 Å². The summed E-state index contributed by atoms with van der Waals surface area (Å²) in [4.78, 5) is 25.5. The van der Waals surface area contributed by atoms with Crippen LogP contribution in [-0.2, 0) is 9.53 Å². The monoisotopic (exact) mass is 556 g/mol. The van der Waals surface area contributed by atoms with Crippen LogP contribution in [0.2, 0.25) is 0 Å². The minimum Gasteiger partial charge on any atom is -0.481 e. The number of carboxylic acid groups (broad SMARTS) is 1. The van der Waals surface area contributed by atoms with Crippen LogP contribution in [0.4, 0.5) is 4.79 Å². The summed E-state index contributed by atoms with van der Waals surface area (Å²) in [5.74, 6) is 0.809. The lowest BCUT2D eigenvalue weighted by atomic mass is 9.32. The molecule has 0 saturated heterocycles. The van der Waals surface area contributed by atoms with Crippen molar-refractivity contribution < 1.29 is 24.6 Å². The zero-order valence-corrected chi connectivity index (χ0v) is 25.6. The number of hydrogen-bond donors (Lipinski definition) is 3. The van der Waals surface area contributed by atoms with Crippen LogP contribution in [0.3, 0.4) is 0 Å². The number of carboxylic acids is 1. The molecule has 6 aliphatic carbocycles. The molecule has 40 heavy (non-hydrogen) atoms. The standard InChI is InChI=1S/C33H52N2O5/c1-19(35-39)21-11-16-33(27(36)37)18-17-31(5)22(26(21)33)9-10-24-30(4)14-13-25(40-28(38)34-20-7-8-20)29(2,3)23(30)12-15-32(24,31)6/h20-26,39H,7-18H2,1-6H3,(H,34,38)(H,36,37)/b35-19-/t21-,22?,23?,24?,25+,26?,30-,31+,32+,33-/m0/s1. The van der Waals surface area contributed by atoms with Crippen molar-refractivity contribution in [3.8, 4) is 0 Å². The topological polar surface area (TPSA) is 108 Å². The molecular formula is C33H52N2O5. The number of nitrogens with zero attached hydrogens (tertiary/aromatic N) is 1. The lowest BCUT2D eigenvalue weighted by Gasteiger charge is -2.72. The van der Waals surface area contributed by atoms with E-state index >= 15 is 0 Å². The second kappa shape index (κ2) is 9.10. The van der Waals surface area contributed by atoms with E-state index in [0.717, 1.165) is 70.6 Å². The molecule has 4 unspecified atom stereocenters. The summed E-state index contributed by atoms with van der Waals surface area (Å²) >= 11 is 0. The molecule has 6 saturated carbocycles. The van der Waals surface area contributed by atoms with E-state index in [4.69, 9.17) is 4.74 Å². The van der Waals surface area contributed by atoms with E-state index in [0.29, 0.717) is 35.9 Å². The lowest BCUT2D eigenvalue weighted by Crippen LogP contribution is -2.67. The second-order valence-corrected chi connectivity index (χ2v) is 16.2. The molecule has 0 radical (unpaired) electrons. The molecule has 6 fully saturated rings. The van der Waals surface area contributed by atoms with Crippen molar-refractivity contribution in [2.75, 3.05) is 0 Å². The van der Waals surface area contributed by atoms with Crippen molar-refractivity contribution >= 4 is 17.8 Å². The number of oxime groups is 1. The fraction of sp³-hybridized carbons (Fsp3) is 0.909. The van der Waals surface area contributed by atoms with Gasteiger partial charge in [0, 0.05) is 17.4 Å². The number of carbonyl (C=O) groups is 2. The van der Waals surface area contributed by atoms with E-state index in [1.807, 2.05) is 6.92 Å². The van der Waals surface area contributed by atoms with Gasteiger partial charge in [-0.3, -0.25) is 4.79 Å². The van der Waals surface area contributed by atoms with Crippen molar-refractivity contribution in [3.05, 3.63) is 0 Å². The van der Waals surface area contributed by atoms with Crippen LogP contribution in [0.1, 0.15) is 119 Å². The average molecular weight is 557 g/mol. The number of ether oxygens (including phenoxy) is 1. The Labute approximate surface area is 240 Å². The number of fused-ring (bicyclic) bond motifs is 7. The highest BCUT2D eigenvalue weighted by molar-refractivity contribution is 5.87. The van der Waals surface area contributed by atoms with Crippen molar-refractivity contribution in [1.82, 2.24) is 5.32 Å². The maximum absolute atomic E-state index is 12.9. The Hall–Kier alpha value is -1.79. The number of hydrogen-bond acceptors (Lipinski definition) is 5. The predicted molar refractivity (Wildman–Crippen MR) is 153 cm³/mol. The summed E-state index contributed by atoms with van der Waals surface area (Å²) in [5.41, 5.74) is 0.262. The Morgan fingerprint density at radius 2 is 1.55 bits per heavy atom. The minimum absolute atomic E-state index is 0.0357. The third kappa shape index (κ3) is 3.70. The summed E-state index contributed by atoms with van der Waals surface area (Å²) in [7, 11) is 0. The lowest BCUT2D eigenvalue weighted by molar-refractivity contribution is -0.247. The van der Waals surface area contributed by atoms with Crippen LogP contribution in [0.5, 0.6) is 0 Å². The number of aliphatic carboxylic acids is 1. The SMILES string of the molecule is C/C(=N/O)[C@@H]1CC[C@]2(C(=O)O)CC[C@]3(C)C(CCC4[C@@]5(C)CC[C@@H](OC(=O)NC6CC6)C(C)(C)C5CC[C@]43C)C12. The van der Waals surface area contributed by atoms with Gasteiger partial charge in [0.2, 0.25) is 0 Å². The second-order valence-electron chi connectivity index (χ2n) is 16.2. The molecule has 0 heterocycles. The number of carbonyl (C=O) groups excluding carboxylic acids is 1. The molecule has 7 nitrogen and oxygen atoms in total. The molecule has 10 atom stereocenters. The largest absolute Gasteiger partial charge is 0.481 e. The molecule has 3 N–H and O–H groups in total. The van der Waals surface area contributed by atoms with Gasteiger partial charge >= 0.3 is 12.1 Å². The Morgan fingerprint density at radius 3 is 2.20 bits per heavy atom. The highest BCUT2D eigenvalue weighted by atomic mass is 16.6. The summed E-state index contributed by atoms with van der Waals surface area (Å²) in [6.45, 7) is 14.2.